The lowest BCUT2D eigenvalue weighted by molar-refractivity contribution is -0.384. The molecule has 0 aliphatic rings. The number of aromatic amines is 1. The Bertz CT molecular complexity index is 801. The number of nitro benzene ring substituents is 1. The van der Waals surface area contributed by atoms with E-state index in [1.165, 1.54) is 12.1 Å². The molecule has 2 N–H and O–H groups in total. The highest BCUT2D eigenvalue weighted by Gasteiger charge is 2.11. The second kappa shape index (κ2) is 4.89. The lowest BCUT2D eigenvalue weighted by atomic mass is 10.2. The number of nitrogens with one attached hydrogen (secondary N) is 2. The number of rotatable bonds is 4. The third-order valence-electron chi connectivity index (χ3n) is 3.29. The Morgan fingerprint density at radius 3 is 2.90 bits per heavy atom. The minimum atomic E-state index is -0.433. The molecule has 0 aliphatic heterocycles. The Hall–Kier alpha value is -2.90. The molecule has 0 radical (unpaired) electrons. The van der Waals surface area contributed by atoms with E-state index in [2.05, 4.69) is 20.4 Å². The minimum absolute atomic E-state index is 0.0309. The van der Waals surface area contributed by atoms with E-state index in [-0.39, 0.29) is 5.69 Å². The number of H-pyrrole nitrogens is 1. The maximum atomic E-state index is 10.7. The SMILES string of the molecule is Cc1noc(C)c1CNc1nc2ccc([N+](=O)[O-])cc2[nH]1. The fraction of sp³-hybridized carbons (Fsp3) is 0.231. The number of aromatic nitrogens is 3. The number of nitro groups is 1. The predicted octanol–water partition coefficient (Wildman–Crippen LogP) is 2.69. The van der Waals surface area contributed by atoms with Crippen LogP contribution < -0.4 is 5.32 Å². The van der Waals surface area contributed by atoms with Crippen LogP contribution in [0.15, 0.2) is 22.7 Å². The fourth-order valence-electron chi connectivity index (χ4n) is 2.12. The summed E-state index contributed by atoms with van der Waals surface area (Å²) in [6, 6.07) is 4.51. The molecule has 2 aromatic heterocycles. The van der Waals surface area contributed by atoms with Gasteiger partial charge in [0.05, 0.1) is 21.7 Å². The highest BCUT2D eigenvalue weighted by molar-refractivity contribution is 5.79. The van der Waals surface area contributed by atoms with E-state index in [1.54, 1.807) is 6.07 Å². The van der Waals surface area contributed by atoms with Gasteiger partial charge in [-0.1, -0.05) is 5.16 Å². The number of hydrogen-bond donors (Lipinski definition) is 2. The van der Waals surface area contributed by atoms with Gasteiger partial charge in [0.2, 0.25) is 5.95 Å². The van der Waals surface area contributed by atoms with Gasteiger partial charge in [-0.25, -0.2) is 4.98 Å². The second-order valence-electron chi connectivity index (χ2n) is 4.70. The fourth-order valence-corrected chi connectivity index (χ4v) is 2.12. The first-order chi connectivity index (χ1) is 10.0. The van der Waals surface area contributed by atoms with Gasteiger partial charge in [0.1, 0.15) is 5.76 Å². The van der Waals surface area contributed by atoms with E-state index in [0.29, 0.717) is 23.5 Å². The minimum Gasteiger partial charge on any atom is -0.361 e. The third kappa shape index (κ3) is 2.42. The summed E-state index contributed by atoms with van der Waals surface area (Å²) in [4.78, 5) is 17.7. The molecule has 0 aliphatic carbocycles. The second-order valence-corrected chi connectivity index (χ2v) is 4.70. The number of imidazole rings is 1. The standard InChI is InChI=1S/C13H13N5O3/c1-7-10(8(2)21-17-7)6-14-13-15-11-4-3-9(18(19)20)5-12(11)16-13/h3-5H,6H2,1-2H3,(H2,14,15,16). The van der Waals surface area contributed by atoms with Crippen LogP contribution in [-0.2, 0) is 6.54 Å². The first-order valence-corrected chi connectivity index (χ1v) is 6.34. The van der Waals surface area contributed by atoms with Crippen LogP contribution in [0, 0.1) is 24.0 Å². The van der Waals surface area contributed by atoms with Crippen LogP contribution in [0.3, 0.4) is 0 Å². The summed E-state index contributed by atoms with van der Waals surface area (Å²) < 4.78 is 5.09. The predicted molar refractivity (Wildman–Crippen MR) is 76.1 cm³/mol. The Kier molecular flexibility index (Phi) is 3.05. The highest BCUT2D eigenvalue weighted by Crippen LogP contribution is 2.21. The molecular weight excluding hydrogens is 274 g/mol. The normalized spacial score (nSPS) is 11.0. The van der Waals surface area contributed by atoms with Crippen LogP contribution in [0.25, 0.3) is 11.0 Å². The van der Waals surface area contributed by atoms with Crippen molar-refractivity contribution in [3.63, 3.8) is 0 Å². The van der Waals surface area contributed by atoms with Gasteiger partial charge in [0.25, 0.3) is 5.69 Å². The summed E-state index contributed by atoms with van der Waals surface area (Å²) in [5.74, 6) is 1.30. The molecule has 0 spiro atoms. The van der Waals surface area contributed by atoms with Gasteiger partial charge in [-0.3, -0.25) is 10.1 Å². The lowest BCUT2D eigenvalue weighted by Gasteiger charge is -2.01. The monoisotopic (exact) mass is 287 g/mol. The van der Waals surface area contributed by atoms with Crippen molar-refractivity contribution in [2.45, 2.75) is 20.4 Å². The summed E-state index contributed by atoms with van der Waals surface area (Å²) in [6.07, 6.45) is 0. The van der Waals surface area contributed by atoms with Crippen molar-refractivity contribution in [3.05, 3.63) is 45.3 Å². The summed E-state index contributed by atoms with van der Waals surface area (Å²) in [5, 5.41) is 17.8. The molecule has 3 aromatic rings. The zero-order valence-corrected chi connectivity index (χ0v) is 11.5. The molecule has 0 fully saturated rings. The van der Waals surface area contributed by atoms with Crippen LogP contribution in [0.5, 0.6) is 0 Å². The summed E-state index contributed by atoms with van der Waals surface area (Å²) in [5.41, 5.74) is 3.11. The molecule has 0 atom stereocenters. The Labute approximate surface area is 119 Å². The molecule has 8 heteroatoms. The highest BCUT2D eigenvalue weighted by atomic mass is 16.6. The van der Waals surface area contributed by atoms with Gasteiger partial charge >= 0.3 is 0 Å². The summed E-state index contributed by atoms with van der Waals surface area (Å²) >= 11 is 0. The van der Waals surface area contributed by atoms with E-state index in [0.717, 1.165) is 17.0 Å². The van der Waals surface area contributed by atoms with Gasteiger partial charge in [-0.15, -0.1) is 0 Å². The third-order valence-corrected chi connectivity index (χ3v) is 3.29. The molecule has 8 nitrogen and oxygen atoms in total. The van der Waals surface area contributed by atoms with Crippen LogP contribution in [-0.4, -0.2) is 20.0 Å². The van der Waals surface area contributed by atoms with Gasteiger partial charge < -0.3 is 14.8 Å². The molecule has 0 unspecified atom stereocenters. The van der Waals surface area contributed by atoms with E-state index in [4.69, 9.17) is 4.52 Å². The van der Waals surface area contributed by atoms with Crippen molar-refractivity contribution in [1.82, 2.24) is 15.1 Å². The number of nitrogens with zero attached hydrogens (tertiary/aromatic N) is 3. The maximum absolute atomic E-state index is 10.7. The van der Waals surface area contributed by atoms with Gasteiger partial charge in [0, 0.05) is 24.2 Å². The van der Waals surface area contributed by atoms with Crippen molar-refractivity contribution < 1.29 is 9.45 Å². The number of hydrogen-bond acceptors (Lipinski definition) is 6. The molecule has 3 rings (SSSR count). The van der Waals surface area contributed by atoms with Crippen LogP contribution in [0.2, 0.25) is 0 Å². The van der Waals surface area contributed by atoms with Crippen molar-refractivity contribution in [2.75, 3.05) is 5.32 Å². The van der Waals surface area contributed by atoms with E-state index >= 15 is 0 Å². The van der Waals surface area contributed by atoms with Crippen molar-refractivity contribution in [2.24, 2.45) is 0 Å². The zero-order chi connectivity index (χ0) is 15.0. The molecule has 0 saturated heterocycles. The maximum Gasteiger partial charge on any atom is 0.271 e. The first kappa shape index (κ1) is 13.1. The van der Waals surface area contributed by atoms with E-state index in [9.17, 15) is 10.1 Å². The van der Waals surface area contributed by atoms with Crippen LogP contribution in [0.1, 0.15) is 17.0 Å². The molecule has 1 aromatic carbocycles. The molecule has 2 heterocycles. The van der Waals surface area contributed by atoms with Gasteiger partial charge in [0.15, 0.2) is 0 Å². The smallest absolute Gasteiger partial charge is 0.271 e. The molecule has 0 bridgehead atoms. The number of benzene rings is 1. The average Bonchev–Trinajstić information content (AvgIpc) is 2.99. The zero-order valence-electron chi connectivity index (χ0n) is 11.5. The average molecular weight is 287 g/mol. The van der Waals surface area contributed by atoms with E-state index < -0.39 is 4.92 Å². The molecule has 0 saturated carbocycles. The largest absolute Gasteiger partial charge is 0.361 e. The lowest BCUT2D eigenvalue weighted by Crippen LogP contribution is -2.02. The Morgan fingerprint density at radius 1 is 1.43 bits per heavy atom. The topological polar surface area (TPSA) is 110 Å². The van der Waals surface area contributed by atoms with Crippen molar-refractivity contribution >= 4 is 22.7 Å². The Balaban J connectivity index is 1.83. The molecule has 21 heavy (non-hydrogen) atoms. The quantitative estimate of drug-likeness (QED) is 0.564. The van der Waals surface area contributed by atoms with Crippen molar-refractivity contribution in [1.29, 1.82) is 0 Å². The number of fused-ring (bicyclic) bond motifs is 1. The molecular formula is C13H13N5O3. The molecule has 108 valence electrons. The van der Waals surface area contributed by atoms with Crippen LogP contribution in [0.4, 0.5) is 11.6 Å². The number of anilines is 1. The van der Waals surface area contributed by atoms with Gasteiger partial charge in [-0.2, -0.15) is 0 Å². The number of non-ortho nitro benzene ring substituents is 1. The van der Waals surface area contributed by atoms with Gasteiger partial charge in [-0.05, 0) is 19.9 Å². The van der Waals surface area contributed by atoms with Crippen molar-refractivity contribution in [3.8, 4) is 0 Å². The molecule has 0 amide bonds. The summed E-state index contributed by atoms with van der Waals surface area (Å²) in [7, 11) is 0. The van der Waals surface area contributed by atoms with E-state index in [1.807, 2.05) is 13.8 Å². The van der Waals surface area contributed by atoms with Crippen LogP contribution >= 0.6 is 0 Å². The Morgan fingerprint density at radius 2 is 2.24 bits per heavy atom. The number of aryl methyl sites for hydroxylation is 2. The first-order valence-electron chi connectivity index (χ1n) is 6.34. The summed E-state index contributed by atoms with van der Waals surface area (Å²) in [6.45, 7) is 4.23.